The summed E-state index contributed by atoms with van der Waals surface area (Å²) in [7, 11) is 0. The standard InChI is InChI=1S/C14H20ClNO3/c1-11-10-12(5-6-13(11)15)19-9-2-4-14(18)16-7-3-8-17/h5-6,10,17H,2-4,7-9H2,1H3,(H,16,18). The van der Waals surface area contributed by atoms with Crippen molar-refractivity contribution < 1.29 is 14.6 Å². The van der Waals surface area contributed by atoms with Gasteiger partial charge in [0.25, 0.3) is 0 Å². The Hall–Kier alpha value is -1.26. The van der Waals surface area contributed by atoms with Crippen molar-refractivity contribution in [3.05, 3.63) is 28.8 Å². The molecule has 5 heteroatoms. The van der Waals surface area contributed by atoms with E-state index in [-0.39, 0.29) is 12.5 Å². The number of hydrogen-bond acceptors (Lipinski definition) is 3. The molecule has 1 aromatic carbocycles. The number of nitrogens with one attached hydrogen (secondary N) is 1. The number of rotatable bonds is 8. The molecule has 19 heavy (non-hydrogen) atoms. The number of benzene rings is 1. The van der Waals surface area contributed by atoms with E-state index in [9.17, 15) is 4.79 Å². The molecule has 0 saturated carbocycles. The van der Waals surface area contributed by atoms with Crippen molar-refractivity contribution in [2.24, 2.45) is 0 Å². The molecule has 106 valence electrons. The molecule has 0 atom stereocenters. The van der Waals surface area contributed by atoms with E-state index in [1.54, 1.807) is 6.07 Å². The summed E-state index contributed by atoms with van der Waals surface area (Å²) >= 11 is 5.92. The highest BCUT2D eigenvalue weighted by atomic mass is 35.5. The van der Waals surface area contributed by atoms with Crippen LogP contribution >= 0.6 is 11.6 Å². The van der Waals surface area contributed by atoms with E-state index in [2.05, 4.69) is 5.32 Å². The van der Waals surface area contributed by atoms with E-state index in [1.807, 2.05) is 19.1 Å². The first-order chi connectivity index (χ1) is 9.13. The number of aliphatic hydroxyl groups is 1. The molecule has 0 unspecified atom stereocenters. The fraction of sp³-hybridized carbons (Fsp3) is 0.500. The van der Waals surface area contributed by atoms with Gasteiger partial charge in [-0.2, -0.15) is 0 Å². The lowest BCUT2D eigenvalue weighted by Gasteiger charge is -2.08. The number of halogens is 1. The Morgan fingerprint density at radius 1 is 1.42 bits per heavy atom. The van der Waals surface area contributed by atoms with Gasteiger partial charge in [-0.1, -0.05) is 11.6 Å². The molecule has 2 N–H and O–H groups in total. The van der Waals surface area contributed by atoms with Crippen LogP contribution in [0.2, 0.25) is 5.02 Å². The number of aryl methyl sites for hydroxylation is 1. The van der Waals surface area contributed by atoms with Crippen LogP contribution in [-0.4, -0.2) is 30.8 Å². The van der Waals surface area contributed by atoms with Crippen LogP contribution < -0.4 is 10.1 Å². The second-order valence-electron chi connectivity index (χ2n) is 4.29. The van der Waals surface area contributed by atoms with Crippen molar-refractivity contribution in [2.45, 2.75) is 26.2 Å². The lowest BCUT2D eigenvalue weighted by molar-refractivity contribution is -0.121. The molecule has 0 aliphatic carbocycles. The lowest BCUT2D eigenvalue weighted by atomic mass is 10.2. The van der Waals surface area contributed by atoms with Crippen LogP contribution in [0.4, 0.5) is 0 Å². The minimum Gasteiger partial charge on any atom is -0.494 e. The number of carbonyl (C=O) groups is 1. The summed E-state index contributed by atoms with van der Waals surface area (Å²) in [5.74, 6) is 0.756. The van der Waals surface area contributed by atoms with E-state index in [0.29, 0.717) is 32.4 Å². The second kappa shape index (κ2) is 8.77. The Bertz CT molecular complexity index is 410. The lowest BCUT2D eigenvalue weighted by Crippen LogP contribution is -2.25. The molecule has 0 radical (unpaired) electrons. The summed E-state index contributed by atoms with van der Waals surface area (Å²) in [5, 5.41) is 12.0. The number of carbonyl (C=O) groups excluding carboxylic acids is 1. The summed E-state index contributed by atoms with van der Waals surface area (Å²) in [6.07, 6.45) is 1.68. The fourth-order valence-electron chi connectivity index (χ4n) is 1.52. The van der Waals surface area contributed by atoms with Gasteiger partial charge in [0.2, 0.25) is 5.91 Å². The Kier molecular flexibility index (Phi) is 7.30. The summed E-state index contributed by atoms with van der Waals surface area (Å²) in [5.41, 5.74) is 0.973. The summed E-state index contributed by atoms with van der Waals surface area (Å²) in [4.78, 5) is 11.4. The molecule has 0 fully saturated rings. The maximum Gasteiger partial charge on any atom is 0.220 e. The summed E-state index contributed by atoms with van der Waals surface area (Å²) in [6, 6.07) is 5.49. The first kappa shape index (κ1) is 15.8. The van der Waals surface area contributed by atoms with Crippen LogP contribution in [0.15, 0.2) is 18.2 Å². The first-order valence-corrected chi connectivity index (χ1v) is 6.78. The summed E-state index contributed by atoms with van der Waals surface area (Å²) in [6.45, 7) is 3.03. The Balaban J connectivity index is 2.16. The van der Waals surface area contributed by atoms with Crippen LogP contribution in [0.5, 0.6) is 5.75 Å². The minimum absolute atomic E-state index is 0.00987. The normalized spacial score (nSPS) is 10.3. The average molecular weight is 286 g/mol. The van der Waals surface area contributed by atoms with Crippen LogP contribution in [0.1, 0.15) is 24.8 Å². The number of aliphatic hydroxyl groups excluding tert-OH is 1. The molecule has 0 aliphatic rings. The van der Waals surface area contributed by atoms with E-state index < -0.39 is 0 Å². The highest BCUT2D eigenvalue weighted by Gasteiger charge is 2.02. The number of amides is 1. The van der Waals surface area contributed by atoms with E-state index in [4.69, 9.17) is 21.4 Å². The third-order valence-electron chi connectivity index (χ3n) is 2.60. The van der Waals surface area contributed by atoms with Crippen LogP contribution in [0, 0.1) is 6.92 Å². The highest BCUT2D eigenvalue weighted by Crippen LogP contribution is 2.21. The van der Waals surface area contributed by atoms with E-state index in [0.717, 1.165) is 16.3 Å². The van der Waals surface area contributed by atoms with Crippen molar-refractivity contribution in [2.75, 3.05) is 19.8 Å². The third kappa shape index (κ3) is 6.45. The largest absolute Gasteiger partial charge is 0.494 e. The van der Waals surface area contributed by atoms with Gasteiger partial charge in [0, 0.05) is 24.6 Å². The molecular formula is C14H20ClNO3. The minimum atomic E-state index is -0.00987. The predicted molar refractivity (Wildman–Crippen MR) is 75.6 cm³/mol. The molecule has 1 aromatic rings. The van der Waals surface area contributed by atoms with Crippen LogP contribution in [0.3, 0.4) is 0 Å². The van der Waals surface area contributed by atoms with Gasteiger partial charge in [-0.15, -0.1) is 0 Å². The molecular weight excluding hydrogens is 266 g/mol. The zero-order valence-corrected chi connectivity index (χ0v) is 11.9. The van der Waals surface area contributed by atoms with Crippen LogP contribution in [0.25, 0.3) is 0 Å². The molecule has 4 nitrogen and oxygen atoms in total. The monoisotopic (exact) mass is 285 g/mol. The van der Waals surface area contributed by atoms with Gasteiger partial charge in [-0.25, -0.2) is 0 Å². The van der Waals surface area contributed by atoms with Crippen molar-refractivity contribution >= 4 is 17.5 Å². The van der Waals surface area contributed by atoms with E-state index >= 15 is 0 Å². The SMILES string of the molecule is Cc1cc(OCCCC(=O)NCCCO)ccc1Cl. The second-order valence-corrected chi connectivity index (χ2v) is 4.70. The Morgan fingerprint density at radius 2 is 2.21 bits per heavy atom. The average Bonchev–Trinajstić information content (AvgIpc) is 2.39. The highest BCUT2D eigenvalue weighted by molar-refractivity contribution is 6.31. The van der Waals surface area contributed by atoms with Crippen molar-refractivity contribution in [1.82, 2.24) is 5.32 Å². The molecule has 0 spiro atoms. The van der Waals surface area contributed by atoms with Crippen LogP contribution in [-0.2, 0) is 4.79 Å². The first-order valence-electron chi connectivity index (χ1n) is 6.40. The maximum absolute atomic E-state index is 11.4. The molecule has 0 bridgehead atoms. The number of hydrogen-bond donors (Lipinski definition) is 2. The quantitative estimate of drug-likeness (QED) is 0.721. The zero-order valence-electron chi connectivity index (χ0n) is 11.1. The van der Waals surface area contributed by atoms with Gasteiger partial charge < -0.3 is 15.2 Å². The Morgan fingerprint density at radius 3 is 2.89 bits per heavy atom. The van der Waals surface area contributed by atoms with Crippen molar-refractivity contribution in [3.8, 4) is 5.75 Å². The van der Waals surface area contributed by atoms with Gasteiger partial charge in [0.05, 0.1) is 6.61 Å². The van der Waals surface area contributed by atoms with Gasteiger partial charge >= 0.3 is 0 Å². The zero-order chi connectivity index (χ0) is 14.1. The maximum atomic E-state index is 11.4. The van der Waals surface area contributed by atoms with Gasteiger partial charge in [0.15, 0.2) is 0 Å². The molecule has 1 amide bonds. The summed E-state index contributed by atoms with van der Waals surface area (Å²) < 4.78 is 5.54. The predicted octanol–water partition coefficient (Wildman–Crippen LogP) is 2.31. The van der Waals surface area contributed by atoms with E-state index in [1.165, 1.54) is 0 Å². The molecule has 0 aromatic heterocycles. The smallest absolute Gasteiger partial charge is 0.220 e. The molecule has 0 aliphatic heterocycles. The fourth-order valence-corrected chi connectivity index (χ4v) is 1.64. The third-order valence-corrected chi connectivity index (χ3v) is 3.03. The van der Waals surface area contributed by atoms with Gasteiger partial charge in [-0.05, 0) is 43.5 Å². The van der Waals surface area contributed by atoms with Crippen molar-refractivity contribution in [3.63, 3.8) is 0 Å². The topological polar surface area (TPSA) is 58.6 Å². The van der Waals surface area contributed by atoms with Gasteiger partial charge in [0.1, 0.15) is 5.75 Å². The molecule has 0 heterocycles. The molecule has 0 saturated heterocycles. The number of ether oxygens (including phenoxy) is 1. The van der Waals surface area contributed by atoms with Crippen molar-refractivity contribution in [1.29, 1.82) is 0 Å². The molecule has 1 rings (SSSR count). The van der Waals surface area contributed by atoms with Gasteiger partial charge in [-0.3, -0.25) is 4.79 Å². The Labute approximate surface area is 118 Å².